The molecule has 1 saturated carbocycles. The largest absolute Gasteiger partial charge is 0.393 e. The molecule has 0 saturated heterocycles. The minimum Gasteiger partial charge on any atom is -0.393 e. The summed E-state index contributed by atoms with van der Waals surface area (Å²) < 4.78 is 28.6. The quantitative estimate of drug-likeness (QED) is 0.373. The van der Waals surface area contributed by atoms with E-state index in [2.05, 4.69) is 5.32 Å². The van der Waals surface area contributed by atoms with Crippen LogP contribution in [0.3, 0.4) is 0 Å². The number of amides is 1. The first-order valence-electron chi connectivity index (χ1n) is 10.6. The number of benzene rings is 1. The monoisotopic (exact) mass is 421 g/mol. The first-order chi connectivity index (χ1) is 14.3. The molecule has 1 amide bonds. The highest BCUT2D eigenvalue weighted by Crippen LogP contribution is 2.37. The number of rotatable bonds is 11. The Kier molecular flexibility index (Phi) is 9.66. The number of hydrogen-bond acceptors (Lipinski definition) is 3. The van der Waals surface area contributed by atoms with Crippen molar-refractivity contribution in [3.63, 3.8) is 0 Å². The Hall–Kier alpha value is -2.05. The van der Waals surface area contributed by atoms with Crippen molar-refractivity contribution >= 4 is 5.91 Å². The number of halogens is 2. The summed E-state index contributed by atoms with van der Waals surface area (Å²) >= 11 is 0. The lowest BCUT2D eigenvalue weighted by Gasteiger charge is -2.20. The molecule has 0 spiro atoms. The van der Waals surface area contributed by atoms with E-state index in [9.17, 15) is 23.8 Å². The van der Waals surface area contributed by atoms with Gasteiger partial charge in [-0.15, -0.1) is 0 Å². The number of aliphatic hydroxyl groups excluding tert-OH is 2. The van der Waals surface area contributed by atoms with Crippen molar-refractivity contribution in [3.05, 3.63) is 60.2 Å². The van der Waals surface area contributed by atoms with Gasteiger partial charge in [-0.3, -0.25) is 4.79 Å². The van der Waals surface area contributed by atoms with Crippen LogP contribution in [0.25, 0.3) is 0 Å². The van der Waals surface area contributed by atoms with Crippen LogP contribution in [0.5, 0.6) is 0 Å². The summed E-state index contributed by atoms with van der Waals surface area (Å²) in [4.78, 5) is 11.2. The molecule has 4 atom stereocenters. The highest BCUT2D eigenvalue weighted by Gasteiger charge is 2.40. The zero-order valence-corrected chi connectivity index (χ0v) is 17.5. The number of alkyl halides is 2. The second-order valence-corrected chi connectivity index (χ2v) is 7.99. The highest BCUT2D eigenvalue weighted by atomic mass is 19.3. The molecular formula is C24H33F2NO3. The van der Waals surface area contributed by atoms with E-state index in [4.69, 9.17) is 0 Å². The molecule has 6 heteroatoms. The van der Waals surface area contributed by atoms with Crippen molar-refractivity contribution in [3.8, 4) is 0 Å². The van der Waals surface area contributed by atoms with E-state index in [1.165, 1.54) is 6.08 Å². The van der Waals surface area contributed by atoms with Crippen LogP contribution in [0.4, 0.5) is 8.78 Å². The molecule has 0 aromatic heterocycles. The third-order valence-electron chi connectivity index (χ3n) is 5.70. The SMILES string of the molecule is CNC(=O)CCC/C=C/C[C@H]1C(O)CC(O)[C@@H]1/C=C/C(F)(F)CCc1ccccc1. The Morgan fingerprint density at radius 2 is 1.93 bits per heavy atom. The van der Waals surface area contributed by atoms with Gasteiger partial charge in [-0.1, -0.05) is 48.6 Å². The van der Waals surface area contributed by atoms with Gasteiger partial charge >= 0.3 is 0 Å². The van der Waals surface area contributed by atoms with Crippen LogP contribution in [-0.4, -0.2) is 41.3 Å². The molecule has 1 aromatic rings. The molecule has 0 radical (unpaired) electrons. The third-order valence-corrected chi connectivity index (χ3v) is 5.70. The Labute approximate surface area is 177 Å². The smallest absolute Gasteiger partial charge is 0.266 e. The van der Waals surface area contributed by atoms with Gasteiger partial charge in [-0.05, 0) is 43.2 Å². The summed E-state index contributed by atoms with van der Waals surface area (Å²) in [6.45, 7) is 0. The van der Waals surface area contributed by atoms with Crippen LogP contribution >= 0.6 is 0 Å². The zero-order valence-electron chi connectivity index (χ0n) is 17.5. The van der Waals surface area contributed by atoms with Crippen molar-refractivity contribution in [2.75, 3.05) is 7.05 Å². The molecule has 1 aliphatic rings. The normalized spacial score (nSPS) is 24.7. The number of aryl methyl sites for hydroxylation is 1. The van der Waals surface area contributed by atoms with Crippen molar-refractivity contribution in [1.82, 2.24) is 5.32 Å². The summed E-state index contributed by atoms with van der Waals surface area (Å²) in [7, 11) is 1.60. The molecule has 30 heavy (non-hydrogen) atoms. The topological polar surface area (TPSA) is 69.6 Å². The van der Waals surface area contributed by atoms with Crippen LogP contribution in [0.2, 0.25) is 0 Å². The number of nitrogens with one attached hydrogen (secondary N) is 1. The number of carbonyl (C=O) groups excluding carboxylic acids is 1. The van der Waals surface area contributed by atoms with Gasteiger partial charge in [0.15, 0.2) is 0 Å². The fourth-order valence-corrected chi connectivity index (χ4v) is 3.87. The molecular weight excluding hydrogens is 388 g/mol. The Morgan fingerprint density at radius 3 is 2.63 bits per heavy atom. The lowest BCUT2D eigenvalue weighted by Crippen LogP contribution is -2.21. The molecule has 4 nitrogen and oxygen atoms in total. The number of carbonyl (C=O) groups is 1. The molecule has 0 heterocycles. The minimum absolute atomic E-state index is 0.00358. The summed E-state index contributed by atoms with van der Waals surface area (Å²) in [5.74, 6) is -3.77. The van der Waals surface area contributed by atoms with E-state index in [-0.39, 0.29) is 31.1 Å². The van der Waals surface area contributed by atoms with E-state index in [0.29, 0.717) is 12.8 Å². The average Bonchev–Trinajstić information content (AvgIpc) is 3.00. The van der Waals surface area contributed by atoms with Gasteiger partial charge in [0.05, 0.1) is 12.2 Å². The van der Waals surface area contributed by atoms with Crippen LogP contribution in [0.15, 0.2) is 54.6 Å². The second kappa shape index (κ2) is 12.0. The van der Waals surface area contributed by atoms with E-state index in [1.54, 1.807) is 7.05 Å². The highest BCUT2D eigenvalue weighted by molar-refractivity contribution is 5.75. The van der Waals surface area contributed by atoms with Gasteiger partial charge in [-0.2, -0.15) is 0 Å². The maximum atomic E-state index is 14.3. The maximum absolute atomic E-state index is 14.3. The van der Waals surface area contributed by atoms with Gasteiger partial charge in [0.1, 0.15) is 0 Å². The lowest BCUT2D eigenvalue weighted by molar-refractivity contribution is -0.120. The van der Waals surface area contributed by atoms with E-state index < -0.39 is 24.0 Å². The summed E-state index contributed by atoms with van der Waals surface area (Å²) in [6, 6.07) is 9.17. The van der Waals surface area contributed by atoms with Crippen LogP contribution in [0.1, 0.15) is 44.1 Å². The van der Waals surface area contributed by atoms with Gasteiger partial charge in [-0.25, -0.2) is 8.78 Å². The number of unbranched alkanes of at least 4 members (excludes halogenated alkanes) is 1. The van der Waals surface area contributed by atoms with Gasteiger partial charge in [0, 0.05) is 32.2 Å². The molecule has 1 aromatic carbocycles. The molecule has 2 unspecified atom stereocenters. The Balaban J connectivity index is 1.87. The number of allylic oxidation sites excluding steroid dienone is 3. The first kappa shape index (κ1) is 24.2. The lowest BCUT2D eigenvalue weighted by atomic mass is 9.89. The van der Waals surface area contributed by atoms with Gasteiger partial charge in [0.2, 0.25) is 5.91 Å². The van der Waals surface area contributed by atoms with E-state index >= 15 is 0 Å². The van der Waals surface area contributed by atoms with Crippen molar-refractivity contribution < 1.29 is 23.8 Å². The maximum Gasteiger partial charge on any atom is 0.266 e. The van der Waals surface area contributed by atoms with Crippen LogP contribution in [-0.2, 0) is 11.2 Å². The van der Waals surface area contributed by atoms with Gasteiger partial charge in [0.25, 0.3) is 5.92 Å². The summed E-state index contributed by atoms with van der Waals surface area (Å²) in [5, 5.41) is 23.1. The molecule has 0 aliphatic heterocycles. The van der Waals surface area contributed by atoms with Gasteiger partial charge < -0.3 is 15.5 Å². The number of aliphatic hydroxyl groups is 2. The molecule has 166 valence electrons. The molecule has 0 bridgehead atoms. The third kappa shape index (κ3) is 8.00. The number of hydrogen-bond donors (Lipinski definition) is 3. The fraction of sp³-hybridized carbons (Fsp3) is 0.542. The van der Waals surface area contributed by atoms with E-state index in [0.717, 1.165) is 24.5 Å². The zero-order chi connectivity index (χ0) is 22.0. The average molecular weight is 422 g/mol. The standard InChI is InChI=1S/C24H33F2NO3/c1-27-23(30)12-8-3-2-7-11-19-20(22(29)17-21(19)28)14-16-24(25,26)15-13-18-9-5-4-6-10-18/h2,4-7,9-10,14,16,19-22,28-29H,3,8,11-13,15,17H2,1H3,(H,27,30)/b7-2+,16-14+/t19-,20-,21?,22?/m1/s1. The Bertz CT molecular complexity index is 706. The molecule has 3 N–H and O–H groups in total. The Morgan fingerprint density at radius 1 is 1.20 bits per heavy atom. The van der Waals surface area contributed by atoms with Crippen LogP contribution < -0.4 is 5.32 Å². The minimum atomic E-state index is -2.97. The van der Waals surface area contributed by atoms with E-state index in [1.807, 2.05) is 42.5 Å². The van der Waals surface area contributed by atoms with Crippen molar-refractivity contribution in [1.29, 1.82) is 0 Å². The molecule has 1 aliphatic carbocycles. The first-order valence-corrected chi connectivity index (χ1v) is 10.6. The summed E-state index contributed by atoms with van der Waals surface area (Å²) in [6.07, 6.45) is 7.16. The van der Waals surface area contributed by atoms with Crippen molar-refractivity contribution in [2.24, 2.45) is 11.8 Å². The fourth-order valence-electron chi connectivity index (χ4n) is 3.87. The second-order valence-electron chi connectivity index (χ2n) is 7.99. The summed E-state index contributed by atoms with van der Waals surface area (Å²) in [5.41, 5.74) is 0.862. The molecule has 1 fully saturated rings. The predicted octanol–water partition coefficient (Wildman–Crippen LogP) is 4.03. The predicted molar refractivity (Wildman–Crippen MR) is 114 cm³/mol. The molecule has 2 rings (SSSR count). The van der Waals surface area contributed by atoms with Crippen molar-refractivity contribution in [2.45, 2.75) is 63.1 Å². The van der Waals surface area contributed by atoms with Crippen LogP contribution in [0, 0.1) is 11.8 Å².